The van der Waals surface area contributed by atoms with Crippen molar-refractivity contribution >= 4 is 15.7 Å². The van der Waals surface area contributed by atoms with Gasteiger partial charge in [0.1, 0.15) is 4.90 Å². The third-order valence-electron chi connectivity index (χ3n) is 2.52. The van der Waals surface area contributed by atoms with E-state index < -0.39 is 10.0 Å². The van der Waals surface area contributed by atoms with E-state index >= 15 is 0 Å². The highest BCUT2D eigenvalue weighted by atomic mass is 32.2. The van der Waals surface area contributed by atoms with E-state index in [9.17, 15) is 8.42 Å². The molecule has 0 saturated carbocycles. The van der Waals surface area contributed by atoms with Crippen molar-refractivity contribution in [2.24, 2.45) is 0 Å². The molecule has 2 N–H and O–H groups in total. The first-order valence-electron chi connectivity index (χ1n) is 6.21. The average Bonchev–Trinajstić information content (AvgIpc) is 2.29. The van der Waals surface area contributed by atoms with Crippen LogP contribution in [0.2, 0.25) is 0 Å². The van der Waals surface area contributed by atoms with E-state index in [2.05, 4.69) is 15.0 Å². The molecule has 18 heavy (non-hydrogen) atoms. The summed E-state index contributed by atoms with van der Waals surface area (Å²) in [5.41, 5.74) is 0.587. The first-order valence-corrected chi connectivity index (χ1v) is 7.69. The number of anilines is 1. The van der Waals surface area contributed by atoms with Crippen molar-refractivity contribution in [1.29, 1.82) is 0 Å². The second-order valence-electron chi connectivity index (χ2n) is 4.21. The van der Waals surface area contributed by atoms with Crippen LogP contribution in [0.1, 0.15) is 33.6 Å². The monoisotopic (exact) mass is 271 g/mol. The van der Waals surface area contributed by atoms with Crippen LogP contribution in [0.4, 0.5) is 5.69 Å². The molecule has 1 unspecified atom stereocenters. The second-order valence-corrected chi connectivity index (χ2v) is 5.90. The van der Waals surface area contributed by atoms with Gasteiger partial charge in [-0.3, -0.25) is 4.98 Å². The minimum atomic E-state index is -3.51. The predicted molar refractivity (Wildman–Crippen MR) is 73.1 cm³/mol. The molecule has 0 radical (unpaired) electrons. The standard InChI is InChI=1S/C12H21N3O2S/c1-4-6-10(3)15-18(16,17)12-9-13-8-7-11(12)14-5-2/h7-10,15H,4-6H2,1-3H3,(H,13,14). The summed E-state index contributed by atoms with van der Waals surface area (Å²) in [6.45, 7) is 6.48. The number of pyridine rings is 1. The number of nitrogens with one attached hydrogen (secondary N) is 2. The lowest BCUT2D eigenvalue weighted by molar-refractivity contribution is 0.544. The fourth-order valence-electron chi connectivity index (χ4n) is 1.75. The van der Waals surface area contributed by atoms with E-state index in [-0.39, 0.29) is 10.9 Å². The quantitative estimate of drug-likeness (QED) is 0.795. The van der Waals surface area contributed by atoms with E-state index in [0.717, 1.165) is 12.8 Å². The highest BCUT2D eigenvalue weighted by molar-refractivity contribution is 7.89. The summed E-state index contributed by atoms with van der Waals surface area (Å²) in [7, 11) is -3.51. The van der Waals surface area contributed by atoms with E-state index in [1.54, 1.807) is 12.3 Å². The van der Waals surface area contributed by atoms with Crippen molar-refractivity contribution in [3.8, 4) is 0 Å². The fourth-order valence-corrected chi connectivity index (χ4v) is 3.15. The minimum absolute atomic E-state index is 0.0744. The van der Waals surface area contributed by atoms with Crippen molar-refractivity contribution in [2.75, 3.05) is 11.9 Å². The van der Waals surface area contributed by atoms with E-state index in [4.69, 9.17) is 0 Å². The van der Waals surface area contributed by atoms with Crippen LogP contribution < -0.4 is 10.0 Å². The van der Waals surface area contributed by atoms with Crippen molar-refractivity contribution in [3.63, 3.8) is 0 Å². The van der Waals surface area contributed by atoms with Gasteiger partial charge in [0.2, 0.25) is 10.0 Å². The van der Waals surface area contributed by atoms with E-state index in [0.29, 0.717) is 12.2 Å². The SMILES string of the molecule is CCCC(C)NS(=O)(=O)c1cnccc1NCC. The van der Waals surface area contributed by atoms with Crippen LogP contribution >= 0.6 is 0 Å². The van der Waals surface area contributed by atoms with Crippen molar-refractivity contribution in [3.05, 3.63) is 18.5 Å². The largest absolute Gasteiger partial charge is 0.384 e. The summed E-state index contributed by atoms with van der Waals surface area (Å²) in [4.78, 5) is 4.09. The molecule has 1 aromatic rings. The molecular formula is C12H21N3O2S. The van der Waals surface area contributed by atoms with Crippen LogP contribution in [0.3, 0.4) is 0 Å². The van der Waals surface area contributed by atoms with Gasteiger partial charge in [-0.15, -0.1) is 0 Å². The number of aromatic nitrogens is 1. The zero-order valence-electron chi connectivity index (χ0n) is 11.1. The number of hydrogen-bond acceptors (Lipinski definition) is 4. The number of sulfonamides is 1. The zero-order chi connectivity index (χ0) is 13.6. The molecule has 0 amide bonds. The first-order chi connectivity index (χ1) is 8.51. The molecule has 0 saturated heterocycles. The Morgan fingerprint density at radius 1 is 1.39 bits per heavy atom. The molecule has 0 aliphatic carbocycles. The summed E-state index contributed by atoms with van der Waals surface area (Å²) >= 11 is 0. The molecule has 1 atom stereocenters. The summed E-state index contributed by atoms with van der Waals surface area (Å²) in [6, 6.07) is 1.59. The Labute approximate surface area is 109 Å². The molecule has 0 aromatic carbocycles. The number of hydrogen-bond donors (Lipinski definition) is 2. The zero-order valence-corrected chi connectivity index (χ0v) is 11.9. The topological polar surface area (TPSA) is 71.1 Å². The van der Waals surface area contributed by atoms with Gasteiger partial charge in [0.15, 0.2) is 0 Å². The van der Waals surface area contributed by atoms with Gasteiger partial charge in [0.05, 0.1) is 5.69 Å². The summed E-state index contributed by atoms with van der Waals surface area (Å²) in [6.07, 6.45) is 4.71. The van der Waals surface area contributed by atoms with Gasteiger partial charge >= 0.3 is 0 Å². The van der Waals surface area contributed by atoms with Crippen LogP contribution in [0.25, 0.3) is 0 Å². The Morgan fingerprint density at radius 3 is 2.72 bits per heavy atom. The van der Waals surface area contributed by atoms with Crippen molar-refractivity contribution in [2.45, 2.75) is 44.6 Å². The van der Waals surface area contributed by atoms with Gasteiger partial charge in [-0.05, 0) is 26.3 Å². The van der Waals surface area contributed by atoms with Gasteiger partial charge < -0.3 is 5.32 Å². The third-order valence-corrected chi connectivity index (χ3v) is 4.14. The molecule has 102 valence electrons. The summed E-state index contributed by atoms with van der Waals surface area (Å²) in [5.74, 6) is 0. The predicted octanol–water partition coefficient (Wildman–Crippen LogP) is 1.98. The maximum Gasteiger partial charge on any atom is 0.244 e. The lowest BCUT2D eigenvalue weighted by atomic mass is 10.2. The van der Waals surface area contributed by atoms with Crippen LogP contribution in [-0.4, -0.2) is 26.0 Å². The molecule has 0 aliphatic heterocycles. The Balaban J connectivity index is 2.97. The van der Waals surface area contributed by atoms with Gasteiger partial charge in [0, 0.05) is 25.0 Å². The molecular weight excluding hydrogens is 250 g/mol. The molecule has 0 spiro atoms. The first kappa shape index (κ1) is 14.9. The minimum Gasteiger partial charge on any atom is -0.384 e. The van der Waals surface area contributed by atoms with Gasteiger partial charge in [0.25, 0.3) is 0 Å². The van der Waals surface area contributed by atoms with Crippen LogP contribution in [0.5, 0.6) is 0 Å². The second kappa shape index (κ2) is 6.70. The van der Waals surface area contributed by atoms with Gasteiger partial charge in [-0.2, -0.15) is 0 Å². The Kier molecular flexibility index (Phi) is 5.55. The molecule has 0 bridgehead atoms. The molecule has 5 nitrogen and oxygen atoms in total. The smallest absolute Gasteiger partial charge is 0.244 e. The summed E-state index contributed by atoms with van der Waals surface area (Å²) in [5, 5.41) is 3.03. The van der Waals surface area contributed by atoms with Gasteiger partial charge in [-0.1, -0.05) is 13.3 Å². The van der Waals surface area contributed by atoms with Crippen LogP contribution in [0, 0.1) is 0 Å². The highest BCUT2D eigenvalue weighted by Crippen LogP contribution is 2.19. The van der Waals surface area contributed by atoms with Crippen molar-refractivity contribution in [1.82, 2.24) is 9.71 Å². The van der Waals surface area contributed by atoms with Gasteiger partial charge in [-0.25, -0.2) is 13.1 Å². The normalized spacial score (nSPS) is 13.3. The molecule has 6 heteroatoms. The van der Waals surface area contributed by atoms with Crippen molar-refractivity contribution < 1.29 is 8.42 Å². The molecule has 1 aromatic heterocycles. The fraction of sp³-hybridized carbons (Fsp3) is 0.583. The number of nitrogens with zero attached hydrogens (tertiary/aromatic N) is 1. The highest BCUT2D eigenvalue weighted by Gasteiger charge is 2.20. The Bertz CT molecular complexity index is 474. The molecule has 0 fully saturated rings. The van der Waals surface area contributed by atoms with E-state index in [1.165, 1.54) is 6.20 Å². The molecule has 0 aliphatic rings. The van der Waals surface area contributed by atoms with Crippen LogP contribution in [-0.2, 0) is 10.0 Å². The van der Waals surface area contributed by atoms with E-state index in [1.807, 2.05) is 20.8 Å². The Hall–Kier alpha value is -1.14. The third kappa shape index (κ3) is 3.96. The number of rotatable bonds is 7. The molecule has 1 rings (SSSR count). The lowest BCUT2D eigenvalue weighted by Gasteiger charge is -2.15. The maximum absolute atomic E-state index is 12.2. The maximum atomic E-state index is 12.2. The Morgan fingerprint density at radius 2 is 2.11 bits per heavy atom. The summed E-state index contributed by atoms with van der Waals surface area (Å²) < 4.78 is 27.1. The molecule has 1 heterocycles. The average molecular weight is 271 g/mol. The van der Waals surface area contributed by atoms with Crippen LogP contribution in [0.15, 0.2) is 23.4 Å². The lowest BCUT2D eigenvalue weighted by Crippen LogP contribution is -2.33.